The standard InChI is InChI=1S/C17H25ClN2O4S/c1-24-10-4-8-19-17(21)15-6-3-9-20(12-15)25(22,23)13-14-5-2-7-16(18)11-14/h2,5,7,11,15H,3-4,6,8-10,12-13H2,1H3,(H,19,21). The van der Waals surface area contributed by atoms with Gasteiger partial charge < -0.3 is 10.1 Å². The molecular formula is C17H25ClN2O4S. The third-order valence-corrected chi connectivity index (χ3v) is 6.26. The molecule has 1 fully saturated rings. The maximum absolute atomic E-state index is 12.7. The number of benzene rings is 1. The Morgan fingerprint density at radius 3 is 2.96 bits per heavy atom. The highest BCUT2D eigenvalue weighted by atomic mass is 35.5. The number of methoxy groups -OCH3 is 1. The van der Waals surface area contributed by atoms with Crippen molar-refractivity contribution in [1.82, 2.24) is 9.62 Å². The van der Waals surface area contributed by atoms with Crippen LogP contribution >= 0.6 is 11.6 Å². The highest BCUT2D eigenvalue weighted by Gasteiger charge is 2.32. The molecule has 1 aromatic carbocycles. The Balaban J connectivity index is 1.93. The number of halogens is 1. The van der Waals surface area contributed by atoms with E-state index in [1.54, 1.807) is 31.4 Å². The number of hydrogen-bond acceptors (Lipinski definition) is 4. The van der Waals surface area contributed by atoms with Gasteiger partial charge >= 0.3 is 0 Å². The van der Waals surface area contributed by atoms with Crippen LogP contribution in [0, 0.1) is 5.92 Å². The van der Waals surface area contributed by atoms with Crippen LogP contribution in [0.1, 0.15) is 24.8 Å². The molecule has 0 spiro atoms. The minimum absolute atomic E-state index is 0.0845. The van der Waals surface area contributed by atoms with Crippen molar-refractivity contribution in [3.05, 3.63) is 34.9 Å². The summed E-state index contributed by atoms with van der Waals surface area (Å²) in [7, 11) is -1.86. The minimum atomic E-state index is -3.47. The van der Waals surface area contributed by atoms with Crippen molar-refractivity contribution in [2.75, 3.05) is 33.4 Å². The van der Waals surface area contributed by atoms with Crippen LogP contribution in [0.3, 0.4) is 0 Å². The number of rotatable bonds is 8. The first-order valence-corrected chi connectivity index (χ1v) is 10.4. The number of nitrogens with zero attached hydrogens (tertiary/aromatic N) is 1. The van der Waals surface area contributed by atoms with Gasteiger partial charge in [-0.25, -0.2) is 12.7 Å². The van der Waals surface area contributed by atoms with Gasteiger partial charge in [-0.05, 0) is 37.0 Å². The Hall–Kier alpha value is -1.15. The molecule has 1 N–H and O–H groups in total. The fourth-order valence-electron chi connectivity index (χ4n) is 2.91. The summed E-state index contributed by atoms with van der Waals surface area (Å²) in [6, 6.07) is 6.85. The van der Waals surface area contributed by atoms with E-state index in [1.165, 1.54) is 4.31 Å². The molecule has 6 nitrogen and oxygen atoms in total. The van der Waals surface area contributed by atoms with Crippen LogP contribution in [0.25, 0.3) is 0 Å². The topological polar surface area (TPSA) is 75.7 Å². The summed E-state index contributed by atoms with van der Waals surface area (Å²) in [5, 5.41) is 3.37. The molecule has 1 saturated heterocycles. The number of nitrogens with one attached hydrogen (secondary N) is 1. The van der Waals surface area contributed by atoms with Gasteiger partial charge in [-0.3, -0.25) is 4.79 Å². The van der Waals surface area contributed by atoms with E-state index in [0.29, 0.717) is 43.1 Å². The minimum Gasteiger partial charge on any atom is -0.385 e. The fourth-order valence-corrected chi connectivity index (χ4v) is 4.72. The van der Waals surface area contributed by atoms with E-state index in [2.05, 4.69) is 5.32 Å². The predicted molar refractivity (Wildman–Crippen MR) is 97.9 cm³/mol. The lowest BCUT2D eigenvalue weighted by Crippen LogP contribution is -2.45. The summed E-state index contributed by atoms with van der Waals surface area (Å²) in [6.45, 7) is 1.82. The van der Waals surface area contributed by atoms with Crippen molar-refractivity contribution < 1.29 is 17.9 Å². The van der Waals surface area contributed by atoms with E-state index in [1.807, 2.05) is 0 Å². The summed E-state index contributed by atoms with van der Waals surface area (Å²) in [6.07, 6.45) is 2.13. The van der Waals surface area contributed by atoms with Crippen LogP contribution < -0.4 is 5.32 Å². The molecule has 0 saturated carbocycles. The fraction of sp³-hybridized carbons (Fsp3) is 0.588. The van der Waals surface area contributed by atoms with Crippen molar-refractivity contribution in [1.29, 1.82) is 0 Å². The zero-order valence-corrected chi connectivity index (χ0v) is 16.0. The smallest absolute Gasteiger partial charge is 0.224 e. The molecule has 2 rings (SSSR count). The highest BCUT2D eigenvalue weighted by molar-refractivity contribution is 7.88. The molecule has 8 heteroatoms. The summed E-state index contributed by atoms with van der Waals surface area (Å²) >= 11 is 5.92. The summed E-state index contributed by atoms with van der Waals surface area (Å²) in [5.74, 6) is -0.486. The van der Waals surface area contributed by atoms with Crippen molar-refractivity contribution >= 4 is 27.5 Å². The van der Waals surface area contributed by atoms with Gasteiger partial charge in [-0.1, -0.05) is 23.7 Å². The Kier molecular flexibility index (Phi) is 7.68. The molecule has 0 bridgehead atoms. The lowest BCUT2D eigenvalue weighted by atomic mass is 9.99. The van der Waals surface area contributed by atoms with E-state index in [4.69, 9.17) is 16.3 Å². The zero-order chi connectivity index (χ0) is 18.3. The summed E-state index contributed by atoms with van der Waals surface area (Å²) < 4.78 is 31.7. The molecule has 1 aromatic rings. The van der Waals surface area contributed by atoms with E-state index in [-0.39, 0.29) is 24.1 Å². The van der Waals surface area contributed by atoms with Crippen LogP contribution in [-0.4, -0.2) is 52.0 Å². The lowest BCUT2D eigenvalue weighted by molar-refractivity contribution is -0.126. The van der Waals surface area contributed by atoms with Crippen LogP contribution in [0.4, 0.5) is 0 Å². The first-order valence-electron chi connectivity index (χ1n) is 8.41. The molecular weight excluding hydrogens is 364 g/mol. The van der Waals surface area contributed by atoms with Crippen LogP contribution in [-0.2, 0) is 25.3 Å². The molecule has 1 atom stereocenters. The van der Waals surface area contributed by atoms with Gasteiger partial charge in [0.25, 0.3) is 0 Å². The third-order valence-electron chi connectivity index (χ3n) is 4.21. The van der Waals surface area contributed by atoms with Gasteiger partial charge in [0.15, 0.2) is 0 Å². The van der Waals surface area contributed by atoms with Crippen LogP contribution in [0.2, 0.25) is 5.02 Å². The first kappa shape index (κ1) is 20.2. The Morgan fingerprint density at radius 2 is 2.24 bits per heavy atom. The molecule has 1 aliphatic rings. The van der Waals surface area contributed by atoms with Gasteiger partial charge in [-0.15, -0.1) is 0 Å². The quantitative estimate of drug-likeness (QED) is 0.691. The van der Waals surface area contributed by atoms with Gasteiger partial charge in [0.05, 0.1) is 11.7 Å². The second kappa shape index (κ2) is 9.52. The van der Waals surface area contributed by atoms with Crippen LogP contribution in [0.5, 0.6) is 0 Å². The molecule has 140 valence electrons. The normalized spacial score (nSPS) is 18.9. The van der Waals surface area contributed by atoms with E-state index >= 15 is 0 Å². The first-order chi connectivity index (χ1) is 11.9. The van der Waals surface area contributed by atoms with E-state index in [9.17, 15) is 13.2 Å². The van der Waals surface area contributed by atoms with Crippen molar-refractivity contribution in [3.63, 3.8) is 0 Å². The van der Waals surface area contributed by atoms with Gasteiger partial charge in [0.1, 0.15) is 0 Å². The SMILES string of the molecule is COCCCNC(=O)C1CCCN(S(=O)(=O)Cc2cccc(Cl)c2)C1. The Morgan fingerprint density at radius 1 is 1.44 bits per heavy atom. The number of amides is 1. The summed E-state index contributed by atoms with van der Waals surface area (Å²) in [4.78, 5) is 12.2. The second-order valence-electron chi connectivity index (χ2n) is 6.22. The maximum atomic E-state index is 12.7. The second-order valence-corrected chi connectivity index (χ2v) is 8.63. The molecule has 1 aliphatic heterocycles. The zero-order valence-electron chi connectivity index (χ0n) is 14.4. The van der Waals surface area contributed by atoms with Crippen molar-refractivity contribution in [2.24, 2.45) is 5.92 Å². The van der Waals surface area contributed by atoms with Crippen molar-refractivity contribution in [3.8, 4) is 0 Å². The molecule has 1 unspecified atom stereocenters. The van der Waals surface area contributed by atoms with Crippen molar-refractivity contribution in [2.45, 2.75) is 25.0 Å². The van der Waals surface area contributed by atoms with Crippen LogP contribution in [0.15, 0.2) is 24.3 Å². The summed E-state index contributed by atoms with van der Waals surface area (Å²) in [5.41, 5.74) is 0.652. The van der Waals surface area contributed by atoms with Gasteiger partial charge in [-0.2, -0.15) is 0 Å². The Bertz CT molecular complexity index is 681. The number of ether oxygens (including phenoxy) is 1. The van der Waals surface area contributed by atoms with E-state index in [0.717, 1.165) is 6.42 Å². The average Bonchev–Trinajstić information content (AvgIpc) is 2.58. The number of piperidine rings is 1. The molecule has 1 heterocycles. The molecule has 0 aliphatic carbocycles. The highest BCUT2D eigenvalue weighted by Crippen LogP contribution is 2.22. The van der Waals surface area contributed by atoms with E-state index < -0.39 is 10.0 Å². The van der Waals surface area contributed by atoms with Gasteiger partial charge in [0.2, 0.25) is 15.9 Å². The number of carbonyl (C=O) groups excluding carboxylic acids is 1. The largest absolute Gasteiger partial charge is 0.385 e. The predicted octanol–water partition coefficient (Wildman–Crippen LogP) is 2.03. The Labute approximate surface area is 154 Å². The average molecular weight is 389 g/mol. The molecule has 25 heavy (non-hydrogen) atoms. The number of carbonyl (C=O) groups is 1. The monoisotopic (exact) mass is 388 g/mol. The molecule has 1 amide bonds. The number of sulfonamides is 1. The third kappa shape index (κ3) is 6.26. The lowest BCUT2D eigenvalue weighted by Gasteiger charge is -2.31. The maximum Gasteiger partial charge on any atom is 0.224 e. The number of hydrogen-bond donors (Lipinski definition) is 1. The van der Waals surface area contributed by atoms with Gasteiger partial charge in [0, 0.05) is 38.4 Å². The molecule has 0 aromatic heterocycles. The molecule has 0 radical (unpaired) electrons.